The Bertz CT molecular complexity index is 848. The molecule has 0 saturated heterocycles. The molecule has 1 heterocycles. The summed E-state index contributed by atoms with van der Waals surface area (Å²) in [5.41, 5.74) is 2.39. The van der Waals surface area contributed by atoms with E-state index < -0.39 is 0 Å². The lowest BCUT2D eigenvalue weighted by Gasteiger charge is -2.25. The molecule has 1 N–H and O–H groups in total. The maximum absolute atomic E-state index is 12.6. The molecule has 0 atom stereocenters. The van der Waals surface area contributed by atoms with Crippen molar-refractivity contribution in [1.82, 2.24) is 0 Å². The van der Waals surface area contributed by atoms with Gasteiger partial charge in [-0.15, -0.1) is 0 Å². The van der Waals surface area contributed by atoms with E-state index in [-0.39, 0.29) is 24.3 Å². The molecule has 2 amide bonds. The third-order valence-corrected chi connectivity index (χ3v) is 4.36. The summed E-state index contributed by atoms with van der Waals surface area (Å²) in [7, 11) is 0. The van der Waals surface area contributed by atoms with Gasteiger partial charge in [0.2, 0.25) is 11.8 Å². The minimum Gasteiger partial charge on any atom is -0.486 e. The first-order chi connectivity index (χ1) is 13.0. The van der Waals surface area contributed by atoms with Crippen LogP contribution in [0, 0.1) is 0 Å². The van der Waals surface area contributed by atoms with Crippen molar-refractivity contribution >= 4 is 23.2 Å². The minimum atomic E-state index is -0.277. The van der Waals surface area contributed by atoms with Gasteiger partial charge in [-0.2, -0.15) is 0 Å². The number of carbonyl (C=O) groups is 2. The van der Waals surface area contributed by atoms with Crippen LogP contribution in [0.25, 0.3) is 0 Å². The van der Waals surface area contributed by atoms with Crippen molar-refractivity contribution in [3.8, 4) is 11.5 Å². The molecular formula is C21H24N2O4. The van der Waals surface area contributed by atoms with E-state index in [0.717, 1.165) is 11.3 Å². The molecule has 1 aliphatic rings. The van der Waals surface area contributed by atoms with Crippen molar-refractivity contribution in [2.75, 3.05) is 30.0 Å². The number of carbonyl (C=O) groups excluding carboxylic acids is 2. The SMILES string of the molecule is CC(=O)N(CC(=O)Nc1ccc2c(c1)OCCO2)c1ccccc1C(C)C. The zero-order chi connectivity index (χ0) is 19.4. The van der Waals surface area contributed by atoms with Gasteiger partial charge >= 0.3 is 0 Å². The van der Waals surface area contributed by atoms with Gasteiger partial charge < -0.3 is 19.7 Å². The quantitative estimate of drug-likeness (QED) is 0.876. The first kappa shape index (κ1) is 18.8. The number of hydrogen-bond donors (Lipinski definition) is 1. The van der Waals surface area contributed by atoms with Crippen molar-refractivity contribution in [2.24, 2.45) is 0 Å². The zero-order valence-corrected chi connectivity index (χ0v) is 15.8. The third-order valence-electron chi connectivity index (χ3n) is 4.36. The van der Waals surface area contributed by atoms with Crippen LogP contribution < -0.4 is 19.7 Å². The minimum absolute atomic E-state index is 0.0620. The molecule has 0 aliphatic carbocycles. The topological polar surface area (TPSA) is 67.9 Å². The van der Waals surface area contributed by atoms with Crippen molar-refractivity contribution in [1.29, 1.82) is 0 Å². The molecular weight excluding hydrogens is 344 g/mol. The maximum atomic E-state index is 12.6. The average molecular weight is 368 g/mol. The molecule has 0 fully saturated rings. The monoisotopic (exact) mass is 368 g/mol. The Morgan fingerprint density at radius 1 is 1.07 bits per heavy atom. The van der Waals surface area contributed by atoms with Crippen molar-refractivity contribution in [2.45, 2.75) is 26.7 Å². The van der Waals surface area contributed by atoms with Gasteiger partial charge in [-0.05, 0) is 29.7 Å². The van der Waals surface area contributed by atoms with Crippen LogP contribution in [-0.2, 0) is 9.59 Å². The number of rotatable bonds is 5. The summed E-state index contributed by atoms with van der Waals surface area (Å²) >= 11 is 0. The molecule has 0 unspecified atom stereocenters. The molecule has 27 heavy (non-hydrogen) atoms. The van der Waals surface area contributed by atoms with Crippen LogP contribution >= 0.6 is 0 Å². The number of ether oxygens (including phenoxy) is 2. The summed E-state index contributed by atoms with van der Waals surface area (Å²) in [6.45, 7) is 6.52. The molecule has 1 aliphatic heterocycles. The lowest BCUT2D eigenvalue weighted by Crippen LogP contribution is -2.37. The molecule has 0 aromatic heterocycles. The number of para-hydroxylation sites is 1. The molecule has 3 rings (SSSR count). The standard InChI is InChI=1S/C21H24N2O4/c1-14(2)17-6-4-5-7-18(17)23(15(3)24)13-21(25)22-16-8-9-19-20(12-16)27-11-10-26-19/h4-9,12,14H,10-11,13H2,1-3H3,(H,22,25). The Hall–Kier alpha value is -3.02. The van der Waals surface area contributed by atoms with Gasteiger partial charge in [0.15, 0.2) is 11.5 Å². The molecule has 2 aromatic carbocycles. The Morgan fingerprint density at radius 2 is 1.78 bits per heavy atom. The molecule has 0 radical (unpaired) electrons. The van der Waals surface area contributed by atoms with E-state index in [1.54, 1.807) is 18.2 Å². The fourth-order valence-corrected chi connectivity index (χ4v) is 3.05. The van der Waals surface area contributed by atoms with Crippen LogP contribution in [0.3, 0.4) is 0 Å². The lowest BCUT2D eigenvalue weighted by atomic mass is 10.0. The van der Waals surface area contributed by atoms with Gasteiger partial charge in [0, 0.05) is 24.4 Å². The van der Waals surface area contributed by atoms with Gasteiger partial charge in [-0.3, -0.25) is 9.59 Å². The van der Waals surface area contributed by atoms with Crippen LogP contribution in [0.4, 0.5) is 11.4 Å². The van der Waals surface area contributed by atoms with Gasteiger partial charge in [-0.1, -0.05) is 32.0 Å². The van der Waals surface area contributed by atoms with Crippen LogP contribution in [0.1, 0.15) is 32.3 Å². The summed E-state index contributed by atoms with van der Waals surface area (Å²) in [6, 6.07) is 12.9. The second-order valence-corrected chi connectivity index (χ2v) is 6.73. The largest absolute Gasteiger partial charge is 0.486 e. The molecule has 6 nitrogen and oxygen atoms in total. The Kier molecular flexibility index (Phi) is 5.64. The Morgan fingerprint density at radius 3 is 2.48 bits per heavy atom. The second-order valence-electron chi connectivity index (χ2n) is 6.73. The molecule has 0 spiro atoms. The van der Waals surface area contributed by atoms with Crippen LogP contribution in [0.2, 0.25) is 0 Å². The Labute approximate surface area is 159 Å². The summed E-state index contributed by atoms with van der Waals surface area (Å²) in [5.74, 6) is 1.05. The number of fused-ring (bicyclic) bond motifs is 1. The molecule has 6 heteroatoms. The van der Waals surface area contributed by atoms with Crippen molar-refractivity contribution < 1.29 is 19.1 Å². The molecule has 2 aromatic rings. The van der Waals surface area contributed by atoms with E-state index in [9.17, 15) is 9.59 Å². The highest BCUT2D eigenvalue weighted by molar-refractivity contribution is 6.02. The normalized spacial score (nSPS) is 12.6. The first-order valence-electron chi connectivity index (χ1n) is 9.02. The summed E-state index contributed by atoms with van der Waals surface area (Å²) in [6.07, 6.45) is 0. The van der Waals surface area contributed by atoms with E-state index in [2.05, 4.69) is 19.2 Å². The van der Waals surface area contributed by atoms with Gasteiger partial charge in [-0.25, -0.2) is 0 Å². The average Bonchev–Trinajstić information content (AvgIpc) is 2.65. The predicted octanol–water partition coefficient (Wildman–Crippen LogP) is 3.57. The number of anilines is 2. The van der Waals surface area contributed by atoms with Crippen LogP contribution in [0.5, 0.6) is 11.5 Å². The first-order valence-corrected chi connectivity index (χ1v) is 9.02. The highest BCUT2D eigenvalue weighted by atomic mass is 16.6. The van der Waals surface area contributed by atoms with Gasteiger partial charge in [0.05, 0.1) is 0 Å². The number of nitrogens with zero attached hydrogens (tertiary/aromatic N) is 1. The third kappa shape index (κ3) is 4.39. The maximum Gasteiger partial charge on any atom is 0.244 e. The molecule has 0 bridgehead atoms. The molecule has 142 valence electrons. The number of amides is 2. The van der Waals surface area contributed by atoms with Crippen LogP contribution in [0.15, 0.2) is 42.5 Å². The van der Waals surface area contributed by atoms with E-state index in [1.807, 2.05) is 24.3 Å². The van der Waals surface area contributed by atoms with Crippen LogP contribution in [-0.4, -0.2) is 31.6 Å². The fourth-order valence-electron chi connectivity index (χ4n) is 3.05. The number of hydrogen-bond acceptors (Lipinski definition) is 4. The van der Waals surface area contributed by atoms with E-state index in [1.165, 1.54) is 11.8 Å². The van der Waals surface area contributed by atoms with E-state index in [0.29, 0.717) is 30.4 Å². The highest BCUT2D eigenvalue weighted by Gasteiger charge is 2.20. The van der Waals surface area contributed by atoms with Crippen molar-refractivity contribution in [3.63, 3.8) is 0 Å². The van der Waals surface area contributed by atoms with Crippen molar-refractivity contribution in [3.05, 3.63) is 48.0 Å². The highest BCUT2D eigenvalue weighted by Crippen LogP contribution is 2.32. The predicted molar refractivity (Wildman–Crippen MR) is 105 cm³/mol. The fraction of sp³-hybridized carbons (Fsp3) is 0.333. The summed E-state index contributed by atoms with van der Waals surface area (Å²) in [5, 5.41) is 2.83. The Balaban J connectivity index is 1.76. The zero-order valence-electron chi connectivity index (χ0n) is 15.8. The van der Waals surface area contributed by atoms with E-state index in [4.69, 9.17) is 9.47 Å². The van der Waals surface area contributed by atoms with Gasteiger partial charge in [0.1, 0.15) is 19.8 Å². The van der Waals surface area contributed by atoms with E-state index >= 15 is 0 Å². The number of benzene rings is 2. The lowest BCUT2D eigenvalue weighted by molar-refractivity contribution is -0.120. The summed E-state index contributed by atoms with van der Waals surface area (Å²) < 4.78 is 11.0. The summed E-state index contributed by atoms with van der Waals surface area (Å²) in [4.78, 5) is 26.3. The second kappa shape index (κ2) is 8.12. The number of nitrogens with one attached hydrogen (secondary N) is 1. The molecule has 0 saturated carbocycles. The smallest absolute Gasteiger partial charge is 0.244 e. The van der Waals surface area contributed by atoms with Gasteiger partial charge in [0.25, 0.3) is 0 Å².